The number of carbonyl (C=O) groups excluding carboxylic acids is 1. The molecule has 0 saturated carbocycles. The highest BCUT2D eigenvalue weighted by Gasteiger charge is 2.05. The summed E-state index contributed by atoms with van der Waals surface area (Å²) in [6.45, 7) is 3.78. The summed E-state index contributed by atoms with van der Waals surface area (Å²) >= 11 is 0. The summed E-state index contributed by atoms with van der Waals surface area (Å²) in [6.07, 6.45) is 3.27. The molecule has 2 aromatic heterocycles. The normalized spacial score (nSPS) is 10.7. The number of rotatable bonds is 2. The zero-order chi connectivity index (χ0) is 11.5. The summed E-state index contributed by atoms with van der Waals surface area (Å²) in [7, 11) is 0. The Kier molecular flexibility index (Phi) is 2.72. The van der Waals surface area contributed by atoms with Crippen LogP contribution in [-0.4, -0.2) is 27.0 Å². The fraction of sp³-hybridized carbons (Fsp3) is 0.300. The number of carbonyl (C=O) groups is 1. The second-order valence-electron chi connectivity index (χ2n) is 3.72. The average molecular weight is 219 g/mol. The van der Waals surface area contributed by atoms with E-state index in [1.807, 2.05) is 13.8 Å². The summed E-state index contributed by atoms with van der Waals surface area (Å²) in [4.78, 5) is 22.7. The maximum atomic E-state index is 11.4. The van der Waals surface area contributed by atoms with Crippen molar-refractivity contribution >= 4 is 23.0 Å². The van der Waals surface area contributed by atoms with Crippen LogP contribution < -0.4 is 10.6 Å². The van der Waals surface area contributed by atoms with E-state index in [0.29, 0.717) is 11.5 Å². The van der Waals surface area contributed by atoms with E-state index in [1.54, 1.807) is 12.3 Å². The molecule has 16 heavy (non-hydrogen) atoms. The Labute approximate surface area is 92.5 Å². The van der Waals surface area contributed by atoms with Crippen LogP contribution >= 0.6 is 0 Å². The maximum Gasteiger partial charge on any atom is 0.320 e. The number of amides is 2. The molecular formula is C10H13N5O. The Bertz CT molecular complexity index is 505. The molecule has 0 spiro atoms. The lowest BCUT2D eigenvalue weighted by Gasteiger charge is -2.08. The van der Waals surface area contributed by atoms with Gasteiger partial charge in [-0.2, -0.15) is 0 Å². The molecule has 0 fully saturated rings. The minimum Gasteiger partial charge on any atom is -0.345 e. The molecule has 0 aromatic carbocycles. The smallest absolute Gasteiger partial charge is 0.320 e. The standard InChI is InChI=1S/C10H13N5O/c1-6(2)13-10(16)15-8-5-12-9-7(14-8)3-4-11-9/h3-6H,1-2H3,(H,11,12)(H2,13,14,15,16). The third-order valence-electron chi connectivity index (χ3n) is 1.92. The number of aromatic amines is 1. The average Bonchev–Trinajstić information content (AvgIpc) is 2.63. The molecule has 0 radical (unpaired) electrons. The van der Waals surface area contributed by atoms with Crippen LogP contribution in [0.25, 0.3) is 11.2 Å². The molecule has 0 aliphatic heterocycles. The molecular weight excluding hydrogens is 206 g/mol. The van der Waals surface area contributed by atoms with E-state index in [-0.39, 0.29) is 12.1 Å². The summed E-state index contributed by atoms with van der Waals surface area (Å²) in [5, 5.41) is 5.33. The molecule has 6 nitrogen and oxygen atoms in total. The van der Waals surface area contributed by atoms with Crippen molar-refractivity contribution in [3.05, 3.63) is 18.5 Å². The highest BCUT2D eigenvalue weighted by molar-refractivity contribution is 5.89. The van der Waals surface area contributed by atoms with Crippen LogP contribution in [0.4, 0.5) is 10.6 Å². The van der Waals surface area contributed by atoms with E-state index in [1.165, 1.54) is 6.20 Å². The van der Waals surface area contributed by atoms with Crippen LogP contribution in [0.1, 0.15) is 13.8 Å². The number of urea groups is 1. The molecule has 0 aliphatic rings. The van der Waals surface area contributed by atoms with Crippen molar-refractivity contribution in [3.8, 4) is 0 Å². The first-order chi connectivity index (χ1) is 7.65. The molecule has 0 bridgehead atoms. The molecule has 84 valence electrons. The number of nitrogens with zero attached hydrogens (tertiary/aromatic N) is 2. The predicted octanol–water partition coefficient (Wildman–Crippen LogP) is 1.49. The van der Waals surface area contributed by atoms with Crippen LogP contribution in [-0.2, 0) is 0 Å². The Morgan fingerprint density at radius 2 is 2.31 bits per heavy atom. The zero-order valence-corrected chi connectivity index (χ0v) is 9.11. The van der Waals surface area contributed by atoms with Gasteiger partial charge in [-0.15, -0.1) is 0 Å². The van der Waals surface area contributed by atoms with Crippen LogP contribution in [0.2, 0.25) is 0 Å². The van der Waals surface area contributed by atoms with Crippen molar-refractivity contribution < 1.29 is 4.79 Å². The first kappa shape index (κ1) is 10.4. The van der Waals surface area contributed by atoms with E-state index in [2.05, 4.69) is 25.6 Å². The number of anilines is 1. The molecule has 0 aliphatic carbocycles. The Balaban J connectivity index is 2.11. The van der Waals surface area contributed by atoms with E-state index in [4.69, 9.17) is 0 Å². The highest BCUT2D eigenvalue weighted by atomic mass is 16.2. The minimum atomic E-state index is -0.279. The van der Waals surface area contributed by atoms with Gasteiger partial charge >= 0.3 is 6.03 Å². The topological polar surface area (TPSA) is 82.7 Å². The van der Waals surface area contributed by atoms with Crippen molar-refractivity contribution in [2.45, 2.75) is 19.9 Å². The highest BCUT2D eigenvalue weighted by Crippen LogP contribution is 2.09. The van der Waals surface area contributed by atoms with Crippen molar-refractivity contribution in [3.63, 3.8) is 0 Å². The number of nitrogens with one attached hydrogen (secondary N) is 3. The van der Waals surface area contributed by atoms with Gasteiger partial charge in [0.25, 0.3) is 0 Å². The lowest BCUT2D eigenvalue weighted by atomic mass is 10.4. The van der Waals surface area contributed by atoms with Gasteiger partial charge in [-0.3, -0.25) is 5.32 Å². The fourth-order valence-electron chi connectivity index (χ4n) is 1.31. The van der Waals surface area contributed by atoms with E-state index in [9.17, 15) is 4.79 Å². The first-order valence-corrected chi connectivity index (χ1v) is 5.03. The van der Waals surface area contributed by atoms with Gasteiger partial charge in [-0.25, -0.2) is 14.8 Å². The van der Waals surface area contributed by atoms with E-state index < -0.39 is 0 Å². The first-order valence-electron chi connectivity index (χ1n) is 5.03. The lowest BCUT2D eigenvalue weighted by molar-refractivity contribution is 0.250. The van der Waals surface area contributed by atoms with Gasteiger partial charge < -0.3 is 10.3 Å². The monoisotopic (exact) mass is 219 g/mol. The fourth-order valence-corrected chi connectivity index (χ4v) is 1.31. The molecule has 0 atom stereocenters. The van der Waals surface area contributed by atoms with Crippen molar-refractivity contribution in [2.24, 2.45) is 0 Å². The molecule has 2 amide bonds. The van der Waals surface area contributed by atoms with Gasteiger partial charge in [0.05, 0.1) is 6.20 Å². The lowest BCUT2D eigenvalue weighted by Crippen LogP contribution is -2.34. The van der Waals surface area contributed by atoms with E-state index in [0.717, 1.165) is 5.52 Å². The van der Waals surface area contributed by atoms with Gasteiger partial charge in [-0.05, 0) is 19.9 Å². The summed E-state index contributed by atoms with van der Waals surface area (Å²) in [5.41, 5.74) is 1.43. The molecule has 2 rings (SSSR count). The Morgan fingerprint density at radius 3 is 3.06 bits per heavy atom. The minimum absolute atomic E-state index is 0.0870. The van der Waals surface area contributed by atoms with Gasteiger partial charge in [0.2, 0.25) is 0 Å². The van der Waals surface area contributed by atoms with Crippen molar-refractivity contribution in [1.29, 1.82) is 0 Å². The van der Waals surface area contributed by atoms with Gasteiger partial charge in [0, 0.05) is 12.2 Å². The molecule has 2 aromatic rings. The van der Waals surface area contributed by atoms with Crippen molar-refractivity contribution in [2.75, 3.05) is 5.32 Å². The number of hydrogen-bond donors (Lipinski definition) is 3. The second-order valence-corrected chi connectivity index (χ2v) is 3.72. The number of fused-ring (bicyclic) bond motifs is 1. The van der Waals surface area contributed by atoms with Gasteiger partial charge in [0.1, 0.15) is 5.52 Å². The molecule has 3 N–H and O–H groups in total. The van der Waals surface area contributed by atoms with Gasteiger partial charge in [-0.1, -0.05) is 0 Å². The molecule has 6 heteroatoms. The third-order valence-corrected chi connectivity index (χ3v) is 1.92. The largest absolute Gasteiger partial charge is 0.345 e. The number of H-pyrrole nitrogens is 1. The Morgan fingerprint density at radius 1 is 1.50 bits per heavy atom. The quantitative estimate of drug-likeness (QED) is 0.715. The van der Waals surface area contributed by atoms with Crippen LogP contribution in [0, 0.1) is 0 Å². The molecule has 0 unspecified atom stereocenters. The number of hydrogen-bond acceptors (Lipinski definition) is 3. The van der Waals surface area contributed by atoms with Crippen LogP contribution in [0.15, 0.2) is 18.5 Å². The SMILES string of the molecule is CC(C)NC(=O)Nc1cnc2[nH]ccc2n1. The van der Waals surface area contributed by atoms with Crippen LogP contribution in [0.3, 0.4) is 0 Å². The summed E-state index contributed by atoms with van der Waals surface area (Å²) in [5.74, 6) is 0.435. The molecule has 0 saturated heterocycles. The third kappa shape index (κ3) is 2.28. The van der Waals surface area contributed by atoms with Crippen molar-refractivity contribution in [1.82, 2.24) is 20.3 Å². The second kappa shape index (κ2) is 4.18. The van der Waals surface area contributed by atoms with Gasteiger partial charge in [0.15, 0.2) is 11.5 Å². The number of aromatic nitrogens is 3. The molecule has 2 heterocycles. The summed E-state index contributed by atoms with van der Waals surface area (Å²) < 4.78 is 0. The van der Waals surface area contributed by atoms with Crippen LogP contribution in [0.5, 0.6) is 0 Å². The zero-order valence-electron chi connectivity index (χ0n) is 9.11. The predicted molar refractivity (Wildman–Crippen MR) is 61.2 cm³/mol. The van der Waals surface area contributed by atoms with E-state index >= 15 is 0 Å². The Hall–Kier alpha value is -2.11. The summed E-state index contributed by atoms with van der Waals surface area (Å²) in [6, 6.07) is 1.61. The maximum absolute atomic E-state index is 11.4.